The van der Waals surface area contributed by atoms with Crippen LogP contribution in [0.2, 0.25) is 0 Å². The molecule has 11 heavy (non-hydrogen) atoms. The molecule has 0 radical (unpaired) electrons. The summed E-state index contributed by atoms with van der Waals surface area (Å²) < 4.78 is 2.37. The lowest BCUT2D eigenvalue weighted by molar-refractivity contribution is 0.507. The lowest BCUT2D eigenvalue weighted by atomic mass is 10.2. The third kappa shape index (κ3) is 1.28. The van der Waals surface area contributed by atoms with Crippen LogP contribution < -0.4 is 0 Å². The Labute approximate surface area is 71.5 Å². The van der Waals surface area contributed by atoms with Gasteiger partial charge in [-0.05, 0) is 23.6 Å². The molecule has 0 saturated carbocycles. The van der Waals surface area contributed by atoms with Gasteiger partial charge >= 0.3 is 0 Å². The second-order valence-corrected chi connectivity index (χ2v) is 3.79. The number of rotatable bonds is 1. The molecule has 1 heterocycles. The molecule has 1 aromatic rings. The maximum absolute atomic E-state index is 2.37. The Bertz CT molecular complexity index is 234. The van der Waals surface area contributed by atoms with Gasteiger partial charge in [0.1, 0.15) is 0 Å². The minimum absolute atomic E-state index is 1.11. The summed E-state index contributed by atoms with van der Waals surface area (Å²) in [6.45, 7) is 4.43. The van der Waals surface area contributed by atoms with Gasteiger partial charge in [-0.3, -0.25) is 0 Å². The Morgan fingerprint density at radius 3 is 3.00 bits per heavy atom. The molecule has 58 valence electrons. The van der Waals surface area contributed by atoms with E-state index in [2.05, 4.69) is 35.5 Å². The van der Waals surface area contributed by atoms with Gasteiger partial charge in [0.2, 0.25) is 0 Å². The standard InChI is InChI=1S/C9H11NS/c1-2-10-7-8-5-3-4-6-9(8)11-10/h3-6H,2,7H2,1H3. The van der Waals surface area contributed by atoms with Crippen molar-refractivity contribution in [2.75, 3.05) is 6.54 Å². The van der Waals surface area contributed by atoms with Crippen molar-refractivity contribution in [1.82, 2.24) is 4.31 Å². The zero-order valence-electron chi connectivity index (χ0n) is 6.58. The molecule has 0 amide bonds. The van der Waals surface area contributed by atoms with Crippen LogP contribution in [-0.4, -0.2) is 10.8 Å². The van der Waals surface area contributed by atoms with Crippen LogP contribution in [0.25, 0.3) is 0 Å². The zero-order valence-corrected chi connectivity index (χ0v) is 7.40. The molecule has 1 nitrogen and oxygen atoms in total. The van der Waals surface area contributed by atoms with Crippen LogP contribution in [0.15, 0.2) is 29.2 Å². The number of hydrogen-bond acceptors (Lipinski definition) is 2. The van der Waals surface area contributed by atoms with E-state index >= 15 is 0 Å². The smallest absolute Gasteiger partial charge is 0.0355 e. The first-order valence-electron chi connectivity index (χ1n) is 3.91. The topological polar surface area (TPSA) is 3.24 Å². The van der Waals surface area contributed by atoms with Gasteiger partial charge in [0.25, 0.3) is 0 Å². The van der Waals surface area contributed by atoms with Gasteiger partial charge in [-0.2, -0.15) is 0 Å². The number of nitrogens with zero attached hydrogens (tertiary/aromatic N) is 1. The minimum Gasteiger partial charge on any atom is -0.242 e. The van der Waals surface area contributed by atoms with E-state index in [4.69, 9.17) is 0 Å². The van der Waals surface area contributed by atoms with Gasteiger partial charge < -0.3 is 0 Å². The fourth-order valence-electron chi connectivity index (χ4n) is 1.26. The molecule has 0 bridgehead atoms. The van der Waals surface area contributed by atoms with E-state index in [1.165, 1.54) is 10.5 Å². The van der Waals surface area contributed by atoms with Gasteiger partial charge in [-0.1, -0.05) is 25.1 Å². The summed E-state index contributed by atoms with van der Waals surface area (Å²) in [5.41, 5.74) is 1.47. The third-order valence-electron chi connectivity index (χ3n) is 1.90. The highest BCUT2D eigenvalue weighted by atomic mass is 32.2. The van der Waals surface area contributed by atoms with Gasteiger partial charge in [-0.15, -0.1) is 0 Å². The van der Waals surface area contributed by atoms with E-state index in [9.17, 15) is 0 Å². The van der Waals surface area contributed by atoms with E-state index in [1.54, 1.807) is 0 Å². The molecule has 0 aliphatic carbocycles. The molecule has 0 N–H and O–H groups in total. The van der Waals surface area contributed by atoms with E-state index in [0.717, 1.165) is 13.1 Å². The van der Waals surface area contributed by atoms with Crippen LogP contribution in [0.4, 0.5) is 0 Å². The molecule has 0 fully saturated rings. The van der Waals surface area contributed by atoms with Crippen molar-refractivity contribution >= 4 is 11.9 Å². The van der Waals surface area contributed by atoms with Crippen molar-refractivity contribution in [3.8, 4) is 0 Å². The zero-order chi connectivity index (χ0) is 7.68. The fourth-order valence-corrected chi connectivity index (χ4v) is 2.26. The van der Waals surface area contributed by atoms with E-state index in [1.807, 2.05) is 11.9 Å². The summed E-state index contributed by atoms with van der Waals surface area (Å²) in [5.74, 6) is 0. The van der Waals surface area contributed by atoms with E-state index in [0.29, 0.717) is 0 Å². The highest BCUT2D eigenvalue weighted by Gasteiger charge is 2.16. The largest absolute Gasteiger partial charge is 0.242 e. The molecule has 1 aliphatic heterocycles. The maximum atomic E-state index is 2.37. The second-order valence-electron chi connectivity index (χ2n) is 2.66. The van der Waals surface area contributed by atoms with Crippen LogP contribution in [0.5, 0.6) is 0 Å². The lowest BCUT2D eigenvalue weighted by Gasteiger charge is -2.07. The SMILES string of the molecule is CCN1Cc2ccccc2S1. The molecule has 0 unspecified atom stereocenters. The fraction of sp³-hybridized carbons (Fsp3) is 0.333. The van der Waals surface area contributed by atoms with E-state index in [-0.39, 0.29) is 0 Å². The second kappa shape index (κ2) is 2.88. The summed E-state index contributed by atoms with van der Waals surface area (Å²) in [6.07, 6.45) is 0. The summed E-state index contributed by atoms with van der Waals surface area (Å²) in [6, 6.07) is 8.61. The summed E-state index contributed by atoms with van der Waals surface area (Å²) in [5, 5.41) is 0. The Hall–Kier alpha value is -0.470. The predicted octanol–water partition coefficient (Wildman–Crippen LogP) is 2.53. The van der Waals surface area contributed by atoms with Crippen LogP contribution in [0.3, 0.4) is 0 Å². The van der Waals surface area contributed by atoms with Gasteiger partial charge in [0, 0.05) is 18.0 Å². The molecule has 2 rings (SSSR count). The Morgan fingerprint density at radius 2 is 2.27 bits per heavy atom. The van der Waals surface area contributed by atoms with Crippen molar-refractivity contribution in [3.05, 3.63) is 29.8 Å². The average Bonchev–Trinajstić information content (AvgIpc) is 2.46. The molecule has 0 spiro atoms. The minimum atomic E-state index is 1.11. The van der Waals surface area contributed by atoms with Crippen molar-refractivity contribution in [2.45, 2.75) is 18.4 Å². The molecule has 1 aromatic carbocycles. The molecule has 0 aromatic heterocycles. The van der Waals surface area contributed by atoms with Crippen LogP contribution in [0.1, 0.15) is 12.5 Å². The molecule has 0 saturated heterocycles. The number of hydrogen-bond donors (Lipinski definition) is 0. The highest BCUT2D eigenvalue weighted by Crippen LogP contribution is 2.34. The molecular weight excluding hydrogens is 154 g/mol. The van der Waals surface area contributed by atoms with Crippen LogP contribution >= 0.6 is 11.9 Å². The van der Waals surface area contributed by atoms with Crippen molar-refractivity contribution < 1.29 is 0 Å². The van der Waals surface area contributed by atoms with Gasteiger partial charge in [0.05, 0.1) is 0 Å². The maximum Gasteiger partial charge on any atom is 0.0355 e. The summed E-state index contributed by atoms with van der Waals surface area (Å²) >= 11 is 1.87. The molecule has 2 heteroatoms. The molecular formula is C9H11NS. The van der Waals surface area contributed by atoms with Crippen molar-refractivity contribution in [2.24, 2.45) is 0 Å². The van der Waals surface area contributed by atoms with Crippen LogP contribution in [-0.2, 0) is 6.54 Å². The highest BCUT2D eigenvalue weighted by molar-refractivity contribution is 7.97. The first-order chi connectivity index (χ1) is 5.40. The third-order valence-corrected chi connectivity index (χ3v) is 3.14. The Morgan fingerprint density at radius 1 is 1.45 bits per heavy atom. The van der Waals surface area contributed by atoms with E-state index < -0.39 is 0 Å². The summed E-state index contributed by atoms with van der Waals surface area (Å²) in [4.78, 5) is 1.43. The normalized spacial score (nSPS) is 16.8. The molecule has 1 aliphatic rings. The monoisotopic (exact) mass is 165 g/mol. The Kier molecular flexibility index (Phi) is 1.88. The predicted molar refractivity (Wildman–Crippen MR) is 48.4 cm³/mol. The first kappa shape index (κ1) is 7.19. The van der Waals surface area contributed by atoms with Gasteiger partial charge in [-0.25, -0.2) is 4.31 Å². The first-order valence-corrected chi connectivity index (χ1v) is 4.68. The summed E-state index contributed by atoms with van der Waals surface area (Å²) in [7, 11) is 0. The lowest BCUT2D eigenvalue weighted by Crippen LogP contribution is -2.07. The quantitative estimate of drug-likeness (QED) is 0.588. The van der Waals surface area contributed by atoms with Crippen LogP contribution in [0, 0.1) is 0 Å². The average molecular weight is 165 g/mol. The number of fused-ring (bicyclic) bond motifs is 1. The molecule has 0 atom stereocenters. The van der Waals surface area contributed by atoms with Gasteiger partial charge in [0.15, 0.2) is 0 Å². The number of benzene rings is 1. The Balaban J connectivity index is 2.27. The van der Waals surface area contributed by atoms with Crippen molar-refractivity contribution in [1.29, 1.82) is 0 Å². The van der Waals surface area contributed by atoms with Crippen molar-refractivity contribution in [3.63, 3.8) is 0 Å².